The standard InChI is InChI=1S/C16H13ClN2O6/c17-11-9-10(5-6-12(11)19(22)23)25-16(21)13-3-1-7-18(13)15(20)14-4-2-8-24-14/h2,4-6,8-9,13H,1,3,7H2/t13-/m0/s1. The Hall–Kier alpha value is -2.87. The molecule has 2 heterocycles. The van der Waals surface area contributed by atoms with Crippen molar-refractivity contribution in [3.8, 4) is 5.75 Å². The first-order valence-electron chi connectivity index (χ1n) is 7.47. The quantitative estimate of drug-likeness (QED) is 0.357. The maximum atomic E-state index is 12.4. The lowest BCUT2D eigenvalue weighted by Crippen LogP contribution is -2.42. The lowest BCUT2D eigenvalue weighted by atomic mass is 10.2. The molecule has 25 heavy (non-hydrogen) atoms. The number of nitro groups is 1. The SMILES string of the molecule is O=C(Oc1ccc([N+](=O)[O-])c(Cl)c1)[C@@H]1CCCN1C(=O)c1ccco1. The monoisotopic (exact) mass is 364 g/mol. The van der Waals surface area contributed by atoms with Crippen LogP contribution in [0.1, 0.15) is 23.4 Å². The molecule has 9 heteroatoms. The van der Waals surface area contributed by atoms with Gasteiger partial charge in [0.2, 0.25) is 0 Å². The summed E-state index contributed by atoms with van der Waals surface area (Å²) in [6, 6.07) is 6.02. The number of carbonyl (C=O) groups is 2. The summed E-state index contributed by atoms with van der Waals surface area (Å²) in [7, 11) is 0. The van der Waals surface area contributed by atoms with Crippen molar-refractivity contribution in [1.82, 2.24) is 4.90 Å². The second kappa shape index (κ2) is 6.94. The number of halogens is 1. The Morgan fingerprint density at radius 3 is 2.80 bits per heavy atom. The van der Waals surface area contributed by atoms with Crippen molar-refractivity contribution in [1.29, 1.82) is 0 Å². The van der Waals surface area contributed by atoms with Gasteiger partial charge in [-0.15, -0.1) is 0 Å². The number of rotatable bonds is 4. The predicted molar refractivity (Wildman–Crippen MR) is 86.5 cm³/mol. The Labute approximate surface area is 147 Å². The van der Waals surface area contributed by atoms with Crippen LogP contribution < -0.4 is 4.74 Å². The summed E-state index contributed by atoms with van der Waals surface area (Å²) in [5.74, 6) is -0.774. The van der Waals surface area contributed by atoms with E-state index in [2.05, 4.69) is 0 Å². The van der Waals surface area contributed by atoms with E-state index in [1.807, 2.05) is 0 Å². The molecular weight excluding hydrogens is 352 g/mol. The summed E-state index contributed by atoms with van der Waals surface area (Å²) in [6.45, 7) is 0.417. The number of ether oxygens (including phenoxy) is 1. The zero-order valence-electron chi connectivity index (χ0n) is 12.9. The number of likely N-dealkylation sites (tertiary alicyclic amines) is 1. The van der Waals surface area contributed by atoms with E-state index in [1.165, 1.54) is 29.4 Å². The smallest absolute Gasteiger partial charge is 0.334 e. The highest BCUT2D eigenvalue weighted by Crippen LogP contribution is 2.29. The van der Waals surface area contributed by atoms with Crippen LogP contribution >= 0.6 is 11.6 Å². The molecule has 0 N–H and O–H groups in total. The Balaban J connectivity index is 1.73. The first-order chi connectivity index (χ1) is 12.0. The summed E-state index contributed by atoms with van der Waals surface area (Å²) >= 11 is 5.80. The van der Waals surface area contributed by atoms with Gasteiger partial charge >= 0.3 is 5.97 Å². The van der Waals surface area contributed by atoms with E-state index in [0.717, 1.165) is 6.07 Å². The Bertz CT molecular complexity index is 820. The number of esters is 1. The summed E-state index contributed by atoms with van der Waals surface area (Å²) in [5.41, 5.74) is -0.281. The van der Waals surface area contributed by atoms with E-state index in [9.17, 15) is 19.7 Å². The van der Waals surface area contributed by atoms with Gasteiger partial charge in [0.15, 0.2) is 5.76 Å². The third-order valence-electron chi connectivity index (χ3n) is 3.85. The van der Waals surface area contributed by atoms with E-state index < -0.39 is 16.9 Å². The third kappa shape index (κ3) is 3.48. The molecule has 0 saturated carbocycles. The molecule has 8 nitrogen and oxygen atoms in total. The van der Waals surface area contributed by atoms with Crippen molar-refractivity contribution in [2.24, 2.45) is 0 Å². The minimum atomic E-state index is -0.744. The summed E-state index contributed by atoms with van der Waals surface area (Å²) in [4.78, 5) is 36.3. The van der Waals surface area contributed by atoms with E-state index in [1.54, 1.807) is 6.07 Å². The fraction of sp³-hybridized carbons (Fsp3) is 0.250. The molecule has 1 aliphatic rings. The van der Waals surface area contributed by atoms with Gasteiger partial charge in [-0.1, -0.05) is 11.6 Å². The second-order valence-electron chi connectivity index (χ2n) is 5.43. The Morgan fingerprint density at radius 1 is 1.36 bits per heavy atom. The van der Waals surface area contributed by atoms with Crippen LogP contribution in [0, 0.1) is 10.1 Å². The molecule has 1 aliphatic heterocycles. The molecule has 0 radical (unpaired) electrons. The molecule has 1 amide bonds. The number of carbonyl (C=O) groups excluding carboxylic acids is 2. The summed E-state index contributed by atoms with van der Waals surface area (Å²) in [6.07, 6.45) is 2.51. The normalized spacial score (nSPS) is 16.7. The van der Waals surface area contributed by atoms with Crippen molar-refractivity contribution in [3.05, 3.63) is 57.5 Å². The average Bonchev–Trinajstić information content (AvgIpc) is 3.25. The maximum Gasteiger partial charge on any atom is 0.334 e. The number of benzene rings is 1. The second-order valence-corrected chi connectivity index (χ2v) is 5.83. The Kier molecular flexibility index (Phi) is 4.71. The van der Waals surface area contributed by atoms with Gasteiger partial charge in [-0.3, -0.25) is 14.9 Å². The highest BCUT2D eigenvalue weighted by Gasteiger charge is 2.37. The predicted octanol–water partition coefficient (Wildman–Crippen LogP) is 3.05. The van der Waals surface area contributed by atoms with Gasteiger partial charge in [0, 0.05) is 18.7 Å². The number of hydrogen-bond donors (Lipinski definition) is 0. The highest BCUT2D eigenvalue weighted by molar-refractivity contribution is 6.32. The topological polar surface area (TPSA) is 103 Å². The van der Waals surface area contributed by atoms with Crippen molar-refractivity contribution in [3.63, 3.8) is 0 Å². The van der Waals surface area contributed by atoms with E-state index >= 15 is 0 Å². The number of hydrogen-bond acceptors (Lipinski definition) is 6. The molecule has 1 aromatic carbocycles. The zero-order valence-corrected chi connectivity index (χ0v) is 13.6. The van der Waals surface area contributed by atoms with Crippen molar-refractivity contribution >= 4 is 29.2 Å². The molecule has 0 spiro atoms. The van der Waals surface area contributed by atoms with Crippen LogP contribution in [0.4, 0.5) is 5.69 Å². The van der Waals surface area contributed by atoms with Gasteiger partial charge < -0.3 is 14.1 Å². The first-order valence-corrected chi connectivity index (χ1v) is 7.85. The van der Waals surface area contributed by atoms with Crippen LogP contribution in [0.2, 0.25) is 5.02 Å². The van der Waals surface area contributed by atoms with E-state index in [-0.39, 0.29) is 28.1 Å². The van der Waals surface area contributed by atoms with Crippen LogP contribution in [-0.2, 0) is 4.79 Å². The molecule has 3 rings (SSSR count). The van der Waals surface area contributed by atoms with Gasteiger partial charge in [-0.2, -0.15) is 0 Å². The lowest BCUT2D eigenvalue weighted by molar-refractivity contribution is -0.384. The molecule has 130 valence electrons. The van der Waals surface area contributed by atoms with Gasteiger partial charge in [-0.05, 0) is 31.0 Å². The fourth-order valence-corrected chi connectivity index (χ4v) is 2.92. The largest absolute Gasteiger partial charge is 0.459 e. The van der Waals surface area contributed by atoms with E-state index in [0.29, 0.717) is 19.4 Å². The first kappa shape index (κ1) is 17.0. The van der Waals surface area contributed by atoms with Crippen LogP contribution in [0.25, 0.3) is 0 Å². The molecule has 1 saturated heterocycles. The van der Waals surface area contributed by atoms with E-state index in [4.69, 9.17) is 20.8 Å². The average molecular weight is 365 g/mol. The zero-order chi connectivity index (χ0) is 18.0. The Morgan fingerprint density at radius 2 is 2.16 bits per heavy atom. The van der Waals surface area contributed by atoms with Gasteiger partial charge in [0.1, 0.15) is 16.8 Å². The van der Waals surface area contributed by atoms with Crippen LogP contribution in [0.5, 0.6) is 5.75 Å². The number of amides is 1. The minimum Gasteiger partial charge on any atom is -0.459 e. The van der Waals surface area contributed by atoms with Gasteiger partial charge in [0.05, 0.1) is 11.2 Å². The molecule has 1 atom stereocenters. The van der Waals surface area contributed by atoms with Crippen LogP contribution in [0.3, 0.4) is 0 Å². The van der Waals surface area contributed by atoms with Crippen molar-refractivity contribution in [2.75, 3.05) is 6.54 Å². The molecule has 0 aliphatic carbocycles. The lowest BCUT2D eigenvalue weighted by Gasteiger charge is -2.22. The maximum absolute atomic E-state index is 12.4. The number of nitro benzene ring substituents is 1. The summed E-state index contributed by atoms with van der Waals surface area (Å²) in [5, 5.41) is 10.6. The molecule has 1 aromatic heterocycles. The molecule has 2 aromatic rings. The fourth-order valence-electron chi connectivity index (χ4n) is 2.68. The third-order valence-corrected chi connectivity index (χ3v) is 4.15. The van der Waals surface area contributed by atoms with Gasteiger partial charge in [-0.25, -0.2) is 4.79 Å². The summed E-state index contributed by atoms with van der Waals surface area (Å²) < 4.78 is 10.3. The minimum absolute atomic E-state index is 0.0814. The molecule has 0 bridgehead atoms. The van der Waals surface area contributed by atoms with Gasteiger partial charge in [0.25, 0.3) is 11.6 Å². The van der Waals surface area contributed by atoms with Crippen molar-refractivity contribution in [2.45, 2.75) is 18.9 Å². The molecular formula is C16H13ClN2O6. The number of nitrogens with zero attached hydrogens (tertiary/aromatic N) is 2. The van der Waals surface area contributed by atoms with Crippen LogP contribution in [-0.4, -0.2) is 34.3 Å². The molecule has 1 fully saturated rings. The van der Waals surface area contributed by atoms with Crippen molar-refractivity contribution < 1.29 is 23.7 Å². The molecule has 0 unspecified atom stereocenters. The highest BCUT2D eigenvalue weighted by atomic mass is 35.5. The van der Waals surface area contributed by atoms with Crippen LogP contribution in [0.15, 0.2) is 41.0 Å². The number of furan rings is 1.